The number of aromatic nitrogens is 2. The fourth-order valence-corrected chi connectivity index (χ4v) is 2.30. The lowest BCUT2D eigenvalue weighted by Crippen LogP contribution is -2.54. The number of aromatic amines is 1. The molecule has 0 unspecified atom stereocenters. The van der Waals surface area contributed by atoms with Crippen LogP contribution in [0.15, 0.2) is 30.3 Å². The Labute approximate surface area is 122 Å². The van der Waals surface area contributed by atoms with Crippen LogP contribution in [-0.4, -0.2) is 35.3 Å². The van der Waals surface area contributed by atoms with Crippen LogP contribution >= 0.6 is 0 Å². The summed E-state index contributed by atoms with van der Waals surface area (Å²) in [5.41, 5.74) is 7.91. The van der Waals surface area contributed by atoms with Gasteiger partial charge in [0, 0.05) is 17.6 Å². The van der Waals surface area contributed by atoms with Gasteiger partial charge >= 0.3 is 0 Å². The summed E-state index contributed by atoms with van der Waals surface area (Å²) in [6.07, 6.45) is 1.90. The maximum absolute atomic E-state index is 12.1. The minimum atomic E-state index is -0.164. The van der Waals surface area contributed by atoms with Crippen LogP contribution in [0.5, 0.6) is 5.75 Å². The number of hydrogen-bond acceptors (Lipinski definition) is 4. The fourth-order valence-electron chi connectivity index (χ4n) is 2.30. The highest BCUT2D eigenvalue weighted by Gasteiger charge is 2.29. The molecule has 4 N–H and O–H groups in total. The summed E-state index contributed by atoms with van der Waals surface area (Å²) in [7, 11) is 1.62. The van der Waals surface area contributed by atoms with Crippen LogP contribution < -0.4 is 15.8 Å². The second-order valence-electron chi connectivity index (χ2n) is 5.22. The molecular formula is C15H18N4O2. The van der Waals surface area contributed by atoms with Gasteiger partial charge in [-0.15, -0.1) is 0 Å². The smallest absolute Gasteiger partial charge is 0.269 e. The first-order valence-corrected chi connectivity index (χ1v) is 6.93. The average molecular weight is 286 g/mol. The van der Waals surface area contributed by atoms with Crippen molar-refractivity contribution in [1.29, 1.82) is 0 Å². The van der Waals surface area contributed by atoms with E-state index >= 15 is 0 Å². The van der Waals surface area contributed by atoms with Gasteiger partial charge in [0.1, 0.15) is 11.4 Å². The van der Waals surface area contributed by atoms with Crippen LogP contribution in [0.25, 0.3) is 11.3 Å². The van der Waals surface area contributed by atoms with Gasteiger partial charge in [0.2, 0.25) is 0 Å². The van der Waals surface area contributed by atoms with Crippen molar-refractivity contribution >= 4 is 5.91 Å². The van der Waals surface area contributed by atoms with Crippen LogP contribution in [0.4, 0.5) is 0 Å². The molecule has 2 atom stereocenters. The summed E-state index contributed by atoms with van der Waals surface area (Å²) in [6, 6.07) is 9.40. The van der Waals surface area contributed by atoms with E-state index in [-0.39, 0.29) is 18.0 Å². The standard InChI is InChI=1S/C15H18N4O2/c1-21-10-4-2-9(3-5-10)13-8-14(19-18-13)15(20)17-12-7-6-11(12)16/h2-5,8,11-12H,6-7,16H2,1H3,(H,17,20)(H,18,19)/t11-,12+/m0/s1. The Morgan fingerprint density at radius 2 is 2.14 bits per heavy atom. The normalized spacial score (nSPS) is 20.7. The first kappa shape index (κ1) is 13.6. The Hall–Kier alpha value is -2.34. The minimum absolute atomic E-state index is 0.0675. The average Bonchev–Trinajstić information content (AvgIpc) is 3.01. The van der Waals surface area contributed by atoms with E-state index in [2.05, 4.69) is 15.5 Å². The maximum atomic E-state index is 12.1. The highest BCUT2D eigenvalue weighted by molar-refractivity contribution is 5.93. The van der Waals surface area contributed by atoms with E-state index in [1.165, 1.54) is 0 Å². The molecule has 1 aromatic heterocycles. The third-order valence-electron chi connectivity index (χ3n) is 3.85. The zero-order valence-corrected chi connectivity index (χ0v) is 11.8. The molecule has 1 aliphatic carbocycles. The van der Waals surface area contributed by atoms with Crippen molar-refractivity contribution in [2.45, 2.75) is 24.9 Å². The van der Waals surface area contributed by atoms with Gasteiger partial charge in [0.05, 0.1) is 12.8 Å². The van der Waals surface area contributed by atoms with E-state index in [1.807, 2.05) is 24.3 Å². The second-order valence-corrected chi connectivity index (χ2v) is 5.22. The van der Waals surface area contributed by atoms with Crippen LogP contribution in [-0.2, 0) is 0 Å². The fraction of sp³-hybridized carbons (Fsp3) is 0.333. The van der Waals surface area contributed by atoms with Gasteiger partial charge < -0.3 is 15.8 Å². The Bertz CT molecular complexity index is 635. The molecule has 0 bridgehead atoms. The monoisotopic (exact) mass is 286 g/mol. The van der Waals surface area contributed by atoms with E-state index in [9.17, 15) is 4.79 Å². The van der Waals surface area contributed by atoms with E-state index in [0.717, 1.165) is 29.8 Å². The van der Waals surface area contributed by atoms with Crippen molar-refractivity contribution in [3.63, 3.8) is 0 Å². The van der Waals surface area contributed by atoms with Crippen molar-refractivity contribution in [2.24, 2.45) is 5.73 Å². The summed E-state index contributed by atoms with van der Waals surface area (Å²) in [5, 5.41) is 9.85. The van der Waals surface area contributed by atoms with Crippen molar-refractivity contribution in [3.8, 4) is 17.0 Å². The highest BCUT2D eigenvalue weighted by Crippen LogP contribution is 2.22. The predicted molar refractivity (Wildman–Crippen MR) is 79.0 cm³/mol. The number of amides is 1. The van der Waals surface area contributed by atoms with Crippen LogP contribution in [0.1, 0.15) is 23.3 Å². The number of nitrogens with zero attached hydrogens (tertiary/aromatic N) is 1. The zero-order chi connectivity index (χ0) is 14.8. The molecule has 0 radical (unpaired) electrons. The van der Waals surface area contributed by atoms with Crippen molar-refractivity contribution in [2.75, 3.05) is 7.11 Å². The molecule has 0 aliphatic heterocycles. The Morgan fingerprint density at radius 1 is 1.38 bits per heavy atom. The molecule has 6 heteroatoms. The van der Waals surface area contributed by atoms with E-state index in [4.69, 9.17) is 10.5 Å². The van der Waals surface area contributed by atoms with Crippen LogP contribution in [0.3, 0.4) is 0 Å². The van der Waals surface area contributed by atoms with Gasteiger partial charge in [-0.05, 0) is 43.2 Å². The third-order valence-corrected chi connectivity index (χ3v) is 3.85. The Balaban J connectivity index is 1.71. The zero-order valence-electron chi connectivity index (χ0n) is 11.8. The lowest BCUT2D eigenvalue weighted by molar-refractivity contribution is 0.0900. The summed E-state index contributed by atoms with van der Waals surface area (Å²) >= 11 is 0. The number of rotatable bonds is 4. The molecule has 1 fully saturated rings. The first-order valence-electron chi connectivity index (χ1n) is 6.93. The molecule has 1 aromatic carbocycles. The summed E-state index contributed by atoms with van der Waals surface area (Å²) in [6.45, 7) is 0. The molecule has 0 saturated heterocycles. The van der Waals surface area contributed by atoms with Gasteiger partial charge in [0.15, 0.2) is 0 Å². The molecule has 1 amide bonds. The molecule has 6 nitrogen and oxygen atoms in total. The SMILES string of the molecule is COc1ccc(-c2cc(C(=O)N[C@@H]3CC[C@@H]3N)[nH]n2)cc1. The van der Waals surface area contributed by atoms with Crippen molar-refractivity contribution in [3.05, 3.63) is 36.0 Å². The second kappa shape index (κ2) is 5.57. The lowest BCUT2D eigenvalue weighted by Gasteiger charge is -2.33. The number of nitrogens with two attached hydrogens (primary N) is 1. The Kier molecular flexibility index (Phi) is 3.62. The molecule has 1 heterocycles. The van der Waals surface area contributed by atoms with E-state index in [0.29, 0.717) is 5.69 Å². The molecule has 1 saturated carbocycles. The number of ether oxygens (including phenoxy) is 1. The molecule has 2 aromatic rings. The van der Waals surface area contributed by atoms with Gasteiger partial charge in [-0.1, -0.05) is 0 Å². The van der Waals surface area contributed by atoms with Crippen molar-refractivity contribution in [1.82, 2.24) is 15.5 Å². The minimum Gasteiger partial charge on any atom is -0.497 e. The number of carbonyl (C=O) groups excluding carboxylic acids is 1. The molecule has 1 aliphatic rings. The Morgan fingerprint density at radius 3 is 2.71 bits per heavy atom. The number of H-pyrrole nitrogens is 1. The van der Waals surface area contributed by atoms with E-state index in [1.54, 1.807) is 13.2 Å². The lowest BCUT2D eigenvalue weighted by atomic mass is 9.87. The topological polar surface area (TPSA) is 93.0 Å². The summed E-state index contributed by atoms with van der Waals surface area (Å²) in [5.74, 6) is 0.619. The number of benzene rings is 1. The molecular weight excluding hydrogens is 268 g/mol. The number of carbonyl (C=O) groups is 1. The highest BCUT2D eigenvalue weighted by atomic mass is 16.5. The quantitative estimate of drug-likeness (QED) is 0.790. The van der Waals surface area contributed by atoms with Gasteiger partial charge in [-0.25, -0.2) is 0 Å². The number of hydrogen-bond donors (Lipinski definition) is 3. The van der Waals surface area contributed by atoms with Crippen LogP contribution in [0.2, 0.25) is 0 Å². The molecule has 21 heavy (non-hydrogen) atoms. The largest absolute Gasteiger partial charge is 0.497 e. The molecule has 0 spiro atoms. The molecule has 3 rings (SSSR count). The van der Waals surface area contributed by atoms with Crippen molar-refractivity contribution < 1.29 is 9.53 Å². The van der Waals surface area contributed by atoms with Gasteiger partial charge in [0.25, 0.3) is 5.91 Å². The van der Waals surface area contributed by atoms with E-state index < -0.39 is 0 Å². The van der Waals surface area contributed by atoms with Gasteiger partial charge in [-0.3, -0.25) is 9.89 Å². The maximum Gasteiger partial charge on any atom is 0.269 e. The molecule has 110 valence electrons. The van der Waals surface area contributed by atoms with Crippen LogP contribution in [0, 0.1) is 0 Å². The summed E-state index contributed by atoms with van der Waals surface area (Å²) in [4.78, 5) is 12.1. The first-order chi connectivity index (χ1) is 10.2. The third kappa shape index (κ3) is 2.75. The predicted octanol–water partition coefficient (Wildman–Crippen LogP) is 1.30. The van der Waals surface area contributed by atoms with Gasteiger partial charge in [-0.2, -0.15) is 5.10 Å². The summed E-state index contributed by atoms with van der Waals surface area (Å²) < 4.78 is 5.12. The number of methoxy groups -OCH3 is 1. The number of nitrogens with one attached hydrogen (secondary N) is 2.